The quantitative estimate of drug-likeness (QED) is 0.597. The van der Waals surface area contributed by atoms with Gasteiger partial charge in [0.25, 0.3) is 0 Å². The van der Waals surface area contributed by atoms with Gasteiger partial charge in [0.1, 0.15) is 18.1 Å². The summed E-state index contributed by atoms with van der Waals surface area (Å²) in [6, 6.07) is 14.4. The normalized spacial score (nSPS) is 14.3. The molecule has 2 aromatic carbocycles. The fourth-order valence-corrected chi connectivity index (χ4v) is 3.93. The standard InChI is InChI=1S/C22H18N2O4S/c1-14(25)24(17-6-5-7-18(11-17)27-2)22-23-16(13-29-22)10-15-12-28-20-9-4-3-8-19(20)21(15)26/h3-11,13H,12H2,1-2H3/b15-10-. The maximum Gasteiger partial charge on any atom is 0.230 e. The van der Waals surface area contributed by atoms with Gasteiger partial charge in [-0.15, -0.1) is 11.3 Å². The van der Waals surface area contributed by atoms with Crippen LogP contribution in [0.2, 0.25) is 0 Å². The number of hydrogen-bond acceptors (Lipinski definition) is 6. The molecule has 0 spiro atoms. The molecule has 0 fully saturated rings. The summed E-state index contributed by atoms with van der Waals surface area (Å²) in [5.74, 6) is 1.00. The van der Waals surface area contributed by atoms with E-state index in [-0.39, 0.29) is 18.3 Å². The molecule has 0 N–H and O–H groups in total. The molecular weight excluding hydrogens is 388 g/mol. The summed E-state index contributed by atoms with van der Waals surface area (Å²) in [7, 11) is 1.58. The summed E-state index contributed by atoms with van der Waals surface area (Å²) in [6.45, 7) is 1.67. The lowest BCUT2D eigenvalue weighted by atomic mass is 10.00. The van der Waals surface area contributed by atoms with Crippen LogP contribution in [-0.2, 0) is 4.79 Å². The molecule has 4 rings (SSSR count). The Morgan fingerprint density at radius 2 is 2.07 bits per heavy atom. The Morgan fingerprint density at radius 1 is 1.24 bits per heavy atom. The molecule has 0 bridgehead atoms. The predicted molar refractivity (Wildman–Crippen MR) is 112 cm³/mol. The van der Waals surface area contributed by atoms with E-state index in [0.717, 1.165) is 0 Å². The molecule has 6 nitrogen and oxygen atoms in total. The fraction of sp³-hybridized carbons (Fsp3) is 0.136. The number of ether oxygens (including phenoxy) is 2. The van der Waals surface area contributed by atoms with E-state index in [9.17, 15) is 9.59 Å². The van der Waals surface area contributed by atoms with E-state index in [1.165, 1.54) is 23.2 Å². The number of aromatic nitrogens is 1. The van der Waals surface area contributed by atoms with E-state index in [1.54, 1.807) is 31.4 Å². The van der Waals surface area contributed by atoms with Crippen LogP contribution >= 0.6 is 11.3 Å². The summed E-state index contributed by atoms with van der Waals surface area (Å²) in [5, 5.41) is 2.33. The number of rotatable bonds is 4. The highest BCUT2D eigenvalue weighted by Crippen LogP contribution is 2.32. The number of ketones is 1. The highest BCUT2D eigenvalue weighted by molar-refractivity contribution is 7.14. The van der Waals surface area contributed by atoms with Gasteiger partial charge in [0.15, 0.2) is 10.9 Å². The topological polar surface area (TPSA) is 68.7 Å². The first kappa shape index (κ1) is 18.9. The van der Waals surface area contributed by atoms with Crippen molar-refractivity contribution in [2.24, 2.45) is 0 Å². The Balaban J connectivity index is 1.64. The number of carbonyl (C=O) groups is 2. The molecule has 7 heteroatoms. The summed E-state index contributed by atoms with van der Waals surface area (Å²) in [5.41, 5.74) is 2.33. The van der Waals surface area contributed by atoms with Gasteiger partial charge in [0.05, 0.1) is 24.1 Å². The van der Waals surface area contributed by atoms with Crippen molar-refractivity contribution < 1.29 is 19.1 Å². The molecule has 0 atom stereocenters. The second kappa shape index (κ2) is 7.89. The van der Waals surface area contributed by atoms with E-state index in [0.29, 0.717) is 39.1 Å². The zero-order valence-corrected chi connectivity index (χ0v) is 16.7. The molecule has 146 valence electrons. The fourth-order valence-electron chi connectivity index (χ4n) is 3.08. The van der Waals surface area contributed by atoms with Gasteiger partial charge < -0.3 is 9.47 Å². The number of nitrogens with zero attached hydrogens (tertiary/aromatic N) is 2. The number of anilines is 2. The molecule has 1 amide bonds. The number of carbonyl (C=O) groups excluding carboxylic acids is 2. The molecule has 1 aliphatic heterocycles. The third-order valence-corrected chi connectivity index (χ3v) is 5.30. The van der Waals surface area contributed by atoms with Crippen molar-refractivity contribution in [2.45, 2.75) is 6.92 Å². The average molecular weight is 406 g/mol. The Hall–Kier alpha value is -3.45. The maximum absolute atomic E-state index is 12.7. The predicted octanol–water partition coefficient (Wildman–Crippen LogP) is 4.50. The Bertz CT molecular complexity index is 1120. The van der Waals surface area contributed by atoms with Gasteiger partial charge in [-0.1, -0.05) is 18.2 Å². The lowest BCUT2D eigenvalue weighted by molar-refractivity contribution is -0.115. The number of hydrogen-bond donors (Lipinski definition) is 0. The first-order valence-corrected chi connectivity index (χ1v) is 9.82. The number of thiazole rings is 1. The van der Waals surface area contributed by atoms with Crippen molar-refractivity contribution >= 4 is 39.9 Å². The van der Waals surface area contributed by atoms with Crippen LogP contribution in [0.15, 0.2) is 59.5 Å². The Labute approximate surface area is 172 Å². The minimum absolute atomic E-state index is 0.0716. The summed E-state index contributed by atoms with van der Waals surface area (Å²) in [6.07, 6.45) is 1.71. The van der Waals surface area contributed by atoms with Gasteiger partial charge in [-0.2, -0.15) is 0 Å². The Kier molecular flexibility index (Phi) is 5.14. The van der Waals surface area contributed by atoms with Crippen LogP contribution in [0, 0.1) is 0 Å². The summed E-state index contributed by atoms with van der Waals surface area (Å²) < 4.78 is 10.9. The summed E-state index contributed by atoms with van der Waals surface area (Å²) in [4.78, 5) is 31.1. The molecule has 0 unspecified atom stereocenters. The van der Waals surface area contributed by atoms with Crippen LogP contribution in [0.5, 0.6) is 11.5 Å². The molecular formula is C22H18N2O4S. The first-order chi connectivity index (χ1) is 14.1. The van der Waals surface area contributed by atoms with Crippen molar-refractivity contribution in [3.05, 3.63) is 70.7 Å². The second-order valence-electron chi connectivity index (χ2n) is 6.39. The number of Topliss-reactive ketones (excluding diaryl/α,β-unsaturated/α-hetero) is 1. The second-order valence-corrected chi connectivity index (χ2v) is 7.23. The van der Waals surface area contributed by atoms with Crippen LogP contribution in [0.25, 0.3) is 6.08 Å². The van der Waals surface area contributed by atoms with Crippen molar-refractivity contribution in [1.82, 2.24) is 4.98 Å². The van der Waals surface area contributed by atoms with Gasteiger partial charge in [-0.05, 0) is 30.3 Å². The third-order valence-electron chi connectivity index (χ3n) is 4.46. The molecule has 0 radical (unpaired) electrons. The van der Waals surface area contributed by atoms with E-state index < -0.39 is 0 Å². The van der Waals surface area contributed by atoms with Crippen molar-refractivity contribution in [3.63, 3.8) is 0 Å². The molecule has 29 heavy (non-hydrogen) atoms. The zero-order chi connectivity index (χ0) is 20.4. The molecule has 2 heterocycles. The molecule has 0 saturated heterocycles. The maximum atomic E-state index is 12.7. The van der Waals surface area contributed by atoms with E-state index in [1.807, 2.05) is 35.7 Å². The van der Waals surface area contributed by atoms with Crippen LogP contribution in [0.4, 0.5) is 10.8 Å². The molecule has 0 aliphatic carbocycles. The number of fused-ring (bicyclic) bond motifs is 1. The number of benzene rings is 2. The van der Waals surface area contributed by atoms with Crippen molar-refractivity contribution in [3.8, 4) is 11.5 Å². The minimum Gasteiger partial charge on any atom is -0.497 e. The van der Waals surface area contributed by atoms with Gasteiger partial charge in [-0.3, -0.25) is 14.5 Å². The molecule has 1 aliphatic rings. The molecule has 3 aromatic rings. The number of methoxy groups -OCH3 is 1. The highest BCUT2D eigenvalue weighted by Gasteiger charge is 2.24. The lowest BCUT2D eigenvalue weighted by Crippen LogP contribution is -2.22. The SMILES string of the molecule is COc1cccc(N(C(C)=O)c2nc(/C=C3/COc4ccccc4C3=O)cs2)c1. The van der Waals surface area contributed by atoms with Crippen molar-refractivity contribution in [1.29, 1.82) is 0 Å². The minimum atomic E-state index is -0.169. The van der Waals surface area contributed by atoms with E-state index in [2.05, 4.69) is 4.98 Å². The lowest BCUT2D eigenvalue weighted by Gasteiger charge is -2.19. The molecule has 0 saturated carbocycles. The largest absolute Gasteiger partial charge is 0.497 e. The zero-order valence-electron chi connectivity index (χ0n) is 15.9. The van der Waals surface area contributed by atoms with Gasteiger partial charge in [0, 0.05) is 23.9 Å². The van der Waals surface area contributed by atoms with Crippen LogP contribution < -0.4 is 14.4 Å². The van der Waals surface area contributed by atoms with Gasteiger partial charge in [-0.25, -0.2) is 4.98 Å². The smallest absolute Gasteiger partial charge is 0.230 e. The monoisotopic (exact) mass is 406 g/mol. The average Bonchev–Trinajstić information content (AvgIpc) is 3.18. The molecule has 1 aromatic heterocycles. The first-order valence-electron chi connectivity index (χ1n) is 8.94. The number of amides is 1. The van der Waals surface area contributed by atoms with E-state index in [4.69, 9.17) is 9.47 Å². The van der Waals surface area contributed by atoms with Crippen molar-refractivity contribution in [2.75, 3.05) is 18.6 Å². The third kappa shape index (κ3) is 3.77. The highest BCUT2D eigenvalue weighted by atomic mass is 32.1. The number of para-hydroxylation sites is 1. The van der Waals surface area contributed by atoms with Crippen LogP contribution in [0.3, 0.4) is 0 Å². The summed E-state index contributed by atoms with van der Waals surface area (Å²) >= 11 is 1.33. The van der Waals surface area contributed by atoms with Crippen LogP contribution in [0.1, 0.15) is 23.0 Å². The van der Waals surface area contributed by atoms with Gasteiger partial charge in [0.2, 0.25) is 5.91 Å². The van der Waals surface area contributed by atoms with E-state index >= 15 is 0 Å². The van der Waals surface area contributed by atoms with Crippen LogP contribution in [-0.4, -0.2) is 30.4 Å². The Morgan fingerprint density at radius 3 is 2.86 bits per heavy atom. The van der Waals surface area contributed by atoms with Gasteiger partial charge >= 0.3 is 0 Å².